The smallest absolute Gasteiger partial charge is 0.345 e. The van der Waals surface area contributed by atoms with E-state index in [0.29, 0.717) is 18.0 Å². The van der Waals surface area contributed by atoms with Crippen LogP contribution in [0, 0.1) is 0 Å². The average molecular weight is 329 g/mol. The molecule has 1 fully saturated rings. The van der Waals surface area contributed by atoms with Gasteiger partial charge >= 0.3 is 5.69 Å². The van der Waals surface area contributed by atoms with Crippen molar-refractivity contribution in [2.75, 3.05) is 20.3 Å². The van der Waals surface area contributed by atoms with E-state index in [1.807, 2.05) is 0 Å². The number of benzene rings is 1. The minimum atomic E-state index is -0.402. The predicted octanol–water partition coefficient (Wildman–Crippen LogP) is 1.52. The molecule has 3 rings (SSSR count). The van der Waals surface area contributed by atoms with Gasteiger partial charge in [0.25, 0.3) is 5.91 Å². The van der Waals surface area contributed by atoms with Crippen molar-refractivity contribution in [1.29, 1.82) is 0 Å². The Morgan fingerprint density at radius 2 is 2.04 bits per heavy atom. The summed E-state index contributed by atoms with van der Waals surface area (Å²) in [5.74, 6) is 1.23. The highest BCUT2D eigenvalue weighted by atomic mass is 16.5. The topological polar surface area (TPSA) is 84.5 Å². The summed E-state index contributed by atoms with van der Waals surface area (Å²) in [5.41, 5.74) is 0.312. The van der Waals surface area contributed by atoms with Crippen molar-refractivity contribution < 1.29 is 14.3 Å². The van der Waals surface area contributed by atoms with Crippen LogP contribution in [0.1, 0.15) is 24.6 Å². The summed E-state index contributed by atoms with van der Waals surface area (Å²) in [7, 11) is 1.59. The van der Waals surface area contributed by atoms with Gasteiger partial charge < -0.3 is 19.4 Å². The Balaban J connectivity index is 1.64. The molecule has 1 aromatic heterocycles. The predicted molar refractivity (Wildman–Crippen MR) is 87.0 cm³/mol. The molecule has 24 heavy (non-hydrogen) atoms. The molecule has 0 aliphatic carbocycles. The molecule has 1 N–H and O–H groups in total. The van der Waals surface area contributed by atoms with E-state index in [-0.39, 0.29) is 18.6 Å². The molecule has 2 aromatic rings. The van der Waals surface area contributed by atoms with Crippen LogP contribution in [0.5, 0.6) is 11.5 Å². The number of ether oxygens (including phenoxy) is 2. The second-order valence-corrected chi connectivity index (χ2v) is 5.54. The number of nitrogens with zero attached hydrogens (tertiary/aromatic N) is 2. The van der Waals surface area contributed by atoms with Crippen LogP contribution in [-0.4, -0.2) is 41.0 Å². The first kappa shape index (κ1) is 16.0. The summed E-state index contributed by atoms with van der Waals surface area (Å²) in [5, 5.41) is 0. The average Bonchev–Trinajstić information content (AvgIpc) is 3.10. The third kappa shape index (κ3) is 3.56. The van der Waals surface area contributed by atoms with Crippen LogP contribution in [0.4, 0.5) is 0 Å². The highest BCUT2D eigenvalue weighted by molar-refractivity contribution is 5.78. The lowest BCUT2D eigenvalue weighted by molar-refractivity contribution is -0.134. The van der Waals surface area contributed by atoms with Crippen LogP contribution in [0.15, 0.2) is 41.3 Å². The summed E-state index contributed by atoms with van der Waals surface area (Å²) in [6.07, 6.45) is 3.17. The molecule has 1 aliphatic rings. The molecule has 0 saturated carbocycles. The lowest BCUT2D eigenvalue weighted by atomic mass is 10.1. The third-order valence-corrected chi connectivity index (χ3v) is 4.05. The molecule has 1 amide bonds. The molecule has 1 unspecified atom stereocenters. The molecule has 0 spiro atoms. The first-order valence-corrected chi connectivity index (χ1v) is 7.79. The van der Waals surface area contributed by atoms with Gasteiger partial charge in [0, 0.05) is 18.4 Å². The Bertz CT molecular complexity index is 757. The number of aromatic nitrogens is 2. The van der Waals surface area contributed by atoms with Gasteiger partial charge in [0.15, 0.2) is 6.61 Å². The summed E-state index contributed by atoms with van der Waals surface area (Å²) < 4.78 is 10.6. The molecule has 2 heterocycles. The first-order chi connectivity index (χ1) is 11.7. The van der Waals surface area contributed by atoms with E-state index in [0.717, 1.165) is 18.6 Å². The van der Waals surface area contributed by atoms with Crippen LogP contribution in [-0.2, 0) is 4.79 Å². The van der Waals surface area contributed by atoms with E-state index < -0.39 is 5.69 Å². The van der Waals surface area contributed by atoms with Gasteiger partial charge in [0.1, 0.15) is 11.5 Å². The van der Waals surface area contributed by atoms with Crippen molar-refractivity contribution in [3.8, 4) is 11.5 Å². The largest absolute Gasteiger partial charge is 0.497 e. The van der Waals surface area contributed by atoms with Crippen molar-refractivity contribution in [2.24, 2.45) is 0 Å². The zero-order valence-electron chi connectivity index (χ0n) is 13.4. The normalized spacial score (nSPS) is 16.9. The minimum absolute atomic E-state index is 0.0435. The fourth-order valence-corrected chi connectivity index (χ4v) is 2.87. The van der Waals surface area contributed by atoms with E-state index >= 15 is 0 Å². The van der Waals surface area contributed by atoms with E-state index in [4.69, 9.17) is 9.47 Å². The Kier molecular flexibility index (Phi) is 4.79. The van der Waals surface area contributed by atoms with Crippen LogP contribution in [0.2, 0.25) is 0 Å². The molecular formula is C17H19N3O4. The van der Waals surface area contributed by atoms with Crippen LogP contribution in [0.3, 0.4) is 0 Å². The Hall–Kier alpha value is -2.83. The van der Waals surface area contributed by atoms with Crippen molar-refractivity contribution >= 4 is 5.91 Å². The Labute approximate surface area is 139 Å². The third-order valence-electron chi connectivity index (χ3n) is 4.05. The number of hydrogen-bond donors (Lipinski definition) is 1. The number of methoxy groups -OCH3 is 1. The molecule has 7 heteroatoms. The van der Waals surface area contributed by atoms with Gasteiger partial charge in [-0.3, -0.25) is 4.79 Å². The summed E-state index contributed by atoms with van der Waals surface area (Å²) in [6.45, 7) is 0.609. The van der Waals surface area contributed by atoms with Gasteiger partial charge in [-0.15, -0.1) is 0 Å². The number of amides is 1. The van der Waals surface area contributed by atoms with E-state index in [2.05, 4.69) is 9.97 Å². The highest BCUT2D eigenvalue weighted by Gasteiger charge is 2.30. The number of hydrogen-bond acceptors (Lipinski definition) is 5. The first-order valence-electron chi connectivity index (χ1n) is 7.79. The van der Waals surface area contributed by atoms with Gasteiger partial charge in [0.05, 0.1) is 13.2 Å². The molecule has 1 saturated heterocycles. The lowest BCUT2D eigenvalue weighted by Crippen LogP contribution is -2.35. The molecular weight excluding hydrogens is 310 g/mol. The van der Waals surface area contributed by atoms with Crippen LogP contribution < -0.4 is 15.2 Å². The Morgan fingerprint density at radius 3 is 2.75 bits per heavy atom. The maximum absolute atomic E-state index is 12.5. The number of carbonyl (C=O) groups excluding carboxylic acids is 1. The molecule has 0 radical (unpaired) electrons. The molecule has 7 nitrogen and oxygen atoms in total. The minimum Gasteiger partial charge on any atom is -0.497 e. The number of rotatable bonds is 5. The fourth-order valence-electron chi connectivity index (χ4n) is 2.87. The van der Waals surface area contributed by atoms with Gasteiger partial charge in [-0.1, -0.05) is 0 Å². The zero-order chi connectivity index (χ0) is 16.9. The van der Waals surface area contributed by atoms with Gasteiger partial charge in [-0.2, -0.15) is 0 Å². The Morgan fingerprint density at radius 1 is 1.29 bits per heavy atom. The second-order valence-electron chi connectivity index (χ2n) is 5.54. The zero-order valence-corrected chi connectivity index (χ0v) is 13.4. The molecule has 126 valence electrons. The molecule has 1 atom stereocenters. The van der Waals surface area contributed by atoms with Crippen LogP contribution in [0.25, 0.3) is 0 Å². The van der Waals surface area contributed by atoms with E-state index in [1.165, 1.54) is 6.20 Å². The highest BCUT2D eigenvalue weighted by Crippen LogP contribution is 2.30. The van der Waals surface area contributed by atoms with Gasteiger partial charge in [-0.05, 0) is 43.2 Å². The lowest BCUT2D eigenvalue weighted by Gasteiger charge is -2.24. The van der Waals surface area contributed by atoms with Crippen LogP contribution >= 0.6 is 0 Å². The molecule has 1 aliphatic heterocycles. The summed E-state index contributed by atoms with van der Waals surface area (Å²) in [6, 6.07) is 8.68. The maximum Gasteiger partial charge on any atom is 0.345 e. The van der Waals surface area contributed by atoms with Crippen molar-refractivity contribution in [2.45, 2.75) is 18.9 Å². The second kappa shape index (κ2) is 7.16. The number of likely N-dealkylation sites (tertiary alicyclic amines) is 1. The van der Waals surface area contributed by atoms with E-state index in [1.54, 1.807) is 42.3 Å². The fraction of sp³-hybridized carbons (Fsp3) is 0.353. The van der Waals surface area contributed by atoms with E-state index in [9.17, 15) is 9.59 Å². The van der Waals surface area contributed by atoms with Gasteiger partial charge in [-0.25, -0.2) is 9.78 Å². The van der Waals surface area contributed by atoms with Crippen molar-refractivity contribution in [3.05, 3.63) is 52.7 Å². The summed E-state index contributed by atoms with van der Waals surface area (Å²) >= 11 is 0. The summed E-state index contributed by atoms with van der Waals surface area (Å²) in [4.78, 5) is 31.9. The number of aromatic amines is 1. The van der Waals surface area contributed by atoms with Gasteiger partial charge in [0.2, 0.25) is 0 Å². The van der Waals surface area contributed by atoms with Crippen molar-refractivity contribution in [1.82, 2.24) is 14.9 Å². The molecule has 0 bridgehead atoms. The monoisotopic (exact) mass is 329 g/mol. The maximum atomic E-state index is 12.5. The quantitative estimate of drug-likeness (QED) is 0.899. The number of carbonyl (C=O) groups is 1. The molecule has 1 aromatic carbocycles. The number of nitrogens with one attached hydrogen (secondary N) is 1. The standard InChI is InChI=1S/C17H19N3O4/c1-23-12-4-6-13(7-5-12)24-11-16(21)20-10-2-3-15(20)14-8-9-18-17(22)19-14/h4-9,15H,2-3,10-11H2,1H3,(H,18,19,22). The SMILES string of the molecule is COc1ccc(OCC(=O)N2CCCC2c2ccnc(=O)[nH]2)cc1. The van der Waals surface area contributed by atoms with Crippen molar-refractivity contribution in [3.63, 3.8) is 0 Å². The number of H-pyrrole nitrogens is 1.